The Morgan fingerprint density at radius 2 is 1.95 bits per heavy atom. The van der Waals surface area contributed by atoms with Crippen molar-refractivity contribution in [1.82, 2.24) is 14.8 Å². The number of hydrogen-bond acceptors (Lipinski definition) is 4. The van der Waals surface area contributed by atoms with Gasteiger partial charge in [-0.05, 0) is 24.1 Å². The van der Waals surface area contributed by atoms with Crippen LogP contribution in [0.1, 0.15) is 30.8 Å². The summed E-state index contributed by atoms with van der Waals surface area (Å²) in [5.74, 6) is 0.830. The van der Waals surface area contributed by atoms with Crippen LogP contribution in [-0.4, -0.2) is 34.0 Å². The fraction of sp³-hybridized carbons (Fsp3) is 0.467. The van der Waals surface area contributed by atoms with Crippen LogP contribution < -0.4 is 4.90 Å². The van der Waals surface area contributed by atoms with E-state index >= 15 is 0 Å². The molecule has 0 fully saturated rings. The van der Waals surface area contributed by atoms with Crippen LogP contribution in [0.3, 0.4) is 0 Å². The Morgan fingerprint density at radius 3 is 2.55 bits per heavy atom. The number of aliphatic hydroxyl groups is 1. The fourth-order valence-corrected chi connectivity index (χ4v) is 2.13. The van der Waals surface area contributed by atoms with Crippen molar-refractivity contribution in [2.45, 2.75) is 32.4 Å². The van der Waals surface area contributed by atoms with Gasteiger partial charge < -0.3 is 10.0 Å². The first-order chi connectivity index (χ1) is 9.61. The van der Waals surface area contributed by atoms with Gasteiger partial charge in [-0.2, -0.15) is 5.10 Å². The van der Waals surface area contributed by atoms with Crippen molar-refractivity contribution in [2.24, 2.45) is 0 Å². The molecule has 1 N–H and O–H groups in total. The molecule has 1 unspecified atom stereocenters. The highest BCUT2D eigenvalue weighted by molar-refractivity contribution is 5.46. The lowest BCUT2D eigenvalue weighted by Crippen LogP contribution is -2.11. The van der Waals surface area contributed by atoms with Gasteiger partial charge in [-0.1, -0.05) is 19.1 Å². The van der Waals surface area contributed by atoms with E-state index in [9.17, 15) is 5.11 Å². The Hall–Kier alpha value is -1.88. The molecule has 1 aromatic carbocycles. The minimum atomic E-state index is -0.550. The standard InChI is InChI=1S/C15H22N4O/c1-4-9-19-15(16-11-17-19)10-14(20)12-5-7-13(8-6-12)18(2)3/h5-8,11,14,20H,4,9-10H2,1-3H3. The molecule has 20 heavy (non-hydrogen) atoms. The molecular formula is C15H22N4O. The number of rotatable bonds is 6. The molecular weight excluding hydrogens is 252 g/mol. The van der Waals surface area contributed by atoms with E-state index in [1.54, 1.807) is 6.33 Å². The minimum Gasteiger partial charge on any atom is -0.388 e. The molecule has 1 aromatic heterocycles. The summed E-state index contributed by atoms with van der Waals surface area (Å²) >= 11 is 0. The summed E-state index contributed by atoms with van der Waals surface area (Å²) in [6.07, 6.45) is 2.49. The zero-order valence-electron chi connectivity index (χ0n) is 12.3. The van der Waals surface area contributed by atoms with Crippen LogP contribution in [0.4, 0.5) is 5.69 Å². The highest BCUT2D eigenvalue weighted by Crippen LogP contribution is 2.20. The topological polar surface area (TPSA) is 54.2 Å². The van der Waals surface area contributed by atoms with Crippen LogP contribution in [0, 0.1) is 0 Å². The Labute approximate surface area is 119 Å². The third-order valence-electron chi connectivity index (χ3n) is 3.30. The van der Waals surface area contributed by atoms with Crippen LogP contribution in [0.15, 0.2) is 30.6 Å². The predicted molar refractivity (Wildman–Crippen MR) is 79.7 cm³/mol. The summed E-state index contributed by atoms with van der Waals surface area (Å²) in [5, 5.41) is 14.5. The molecule has 0 bridgehead atoms. The summed E-state index contributed by atoms with van der Waals surface area (Å²) in [6, 6.07) is 7.94. The van der Waals surface area contributed by atoms with Crippen molar-refractivity contribution in [1.29, 1.82) is 0 Å². The largest absolute Gasteiger partial charge is 0.388 e. The predicted octanol–water partition coefficient (Wildman–Crippen LogP) is 2.03. The third-order valence-corrected chi connectivity index (χ3v) is 3.30. The number of aliphatic hydroxyl groups excluding tert-OH is 1. The van der Waals surface area contributed by atoms with Gasteiger partial charge in [-0.25, -0.2) is 4.98 Å². The second-order valence-corrected chi connectivity index (χ2v) is 5.11. The number of anilines is 1. The van der Waals surface area contributed by atoms with Crippen molar-refractivity contribution in [3.63, 3.8) is 0 Å². The number of hydrogen-bond donors (Lipinski definition) is 1. The van der Waals surface area contributed by atoms with Gasteiger partial charge in [0.2, 0.25) is 0 Å². The van der Waals surface area contributed by atoms with Crippen molar-refractivity contribution < 1.29 is 5.11 Å². The minimum absolute atomic E-state index is 0.487. The molecule has 0 saturated carbocycles. The van der Waals surface area contributed by atoms with Gasteiger partial charge in [0.25, 0.3) is 0 Å². The van der Waals surface area contributed by atoms with E-state index in [1.165, 1.54) is 0 Å². The zero-order valence-corrected chi connectivity index (χ0v) is 12.3. The van der Waals surface area contributed by atoms with Crippen molar-refractivity contribution in [3.8, 4) is 0 Å². The van der Waals surface area contributed by atoms with Crippen molar-refractivity contribution in [2.75, 3.05) is 19.0 Å². The molecule has 5 nitrogen and oxygen atoms in total. The third kappa shape index (κ3) is 3.36. The molecule has 1 atom stereocenters. The summed E-state index contributed by atoms with van der Waals surface area (Å²) in [6.45, 7) is 2.93. The first kappa shape index (κ1) is 14.5. The van der Waals surface area contributed by atoms with Gasteiger partial charge in [0.15, 0.2) is 0 Å². The van der Waals surface area contributed by atoms with E-state index < -0.39 is 6.10 Å². The molecule has 0 saturated heterocycles. The number of aromatic nitrogens is 3. The number of nitrogens with zero attached hydrogens (tertiary/aromatic N) is 4. The lowest BCUT2D eigenvalue weighted by atomic mass is 10.1. The molecule has 0 spiro atoms. The Kier molecular flexibility index (Phi) is 4.74. The van der Waals surface area contributed by atoms with Crippen molar-refractivity contribution >= 4 is 5.69 Å². The van der Waals surface area contributed by atoms with Gasteiger partial charge in [0.1, 0.15) is 12.2 Å². The second kappa shape index (κ2) is 6.52. The zero-order chi connectivity index (χ0) is 14.5. The first-order valence-electron chi connectivity index (χ1n) is 6.94. The van der Waals surface area contributed by atoms with Crippen LogP contribution in [0.25, 0.3) is 0 Å². The molecule has 2 aromatic rings. The lowest BCUT2D eigenvalue weighted by molar-refractivity contribution is 0.174. The maximum atomic E-state index is 10.3. The fourth-order valence-electron chi connectivity index (χ4n) is 2.13. The monoisotopic (exact) mass is 274 g/mol. The molecule has 0 aliphatic rings. The van der Waals surface area contributed by atoms with E-state index in [1.807, 2.05) is 47.9 Å². The maximum Gasteiger partial charge on any atom is 0.138 e. The van der Waals surface area contributed by atoms with E-state index in [0.717, 1.165) is 30.0 Å². The molecule has 0 aliphatic carbocycles. The normalized spacial score (nSPS) is 12.4. The first-order valence-corrected chi connectivity index (χ1v) is 6.94. The maximum absolute atomic E-state index is 10.3. The van der Waals surface area contributed by atoms with E-state index in [-0.39, 0.29) is 0 Å². The van der Waals surface area contributed by atoms with Crippen LogP contribution in [0.5, 0.6) is 0 Å². The lowest BCUT2D eigenvalue weighted by Gasteiger charge is -2.15. The average molecular weight is 274 g/mol. The Bertz CT molecular complexity index is 533. The van der Waals surface area contributed by atoms with Gasteiger partial charge >= 0.3 is 0 Å². The molecule has 0 aliphatic heterocycles. The molecule has 2 rings (SSSR count). The van der Waals surface area contributed by atoms with Gasteiger partial charge in [0, 0.05) is 32.7 Å². The highest BCUT2D eigenvalue weighted by atomic mass is 16.3. The molecule has 108 valence electrons. The molecule has 1 heterocycles. The average Bonchev–Trinajstić information content (AvgIpc) is 2.86. The molecule has 0 amide bonds. The summed E-state index contributed by atoms with van der Waals surface area (Å²) < 4.78 is 1.86. The number of benzene rings is 1. The summed E-state index contributed by atoms with van der Waals surface area (Å²) in [7, 11) is 4.00. The quantitative estimate of drug-likeness (QED) is 0.875. The second-order valence-electron chi connectivity index (χ2n) is 5.11. The molecule has 5 heteroatoms. The Morgan fingerprint density at radius 1 is 1.25 bits per heavy atom. The van der Waals surface area contributed by atoms with E-state index in [0.29, 0.717) is 6.42 Å². The summed E-state index contributed by atoms with van der Waals surface area (Å²) in [4.78, 5) is 6.27. The van der Waals surface area contributed by atoms with Crippen LogP contribution in [0.2, 0.25) is 0 Å². The van der Waals surface area contributed by atoms with Gasteiger partial charge in [-0.3, -0.25) is 4.68 Å². The van der Waals surface area contributed by atoms with E-state index in [4.69, 9.17) is 0 Å². The number of aryl methyl sites for hydroxylation is 1. The Balaban J connectivity index is 2.07. The van der Waals surface area contributed by atoms with Crippen LogP contribution >= 0.6 is 0 Å². The highest BCUT2D eigenvalue weighted by Gasteiger charge is 2.13. The van der Waals surface area contributed by atoms with Gasteiger partial charge in [0.05, 0.1) is 6.10 Å². The molecule has 0 radical (unpaired) electrons. The van der Waals surface area contributed by atoms with E-state index in [2.05, 4.69) is 17.0 Å². The SMILES string of the molecule is CCCn1ncnc1CC(O)c1ccc(N(C)C)cc1. The van der Waals surface area contributed by atoms with Crippen molar-refractivity contribution in [3.05, 3.63) is 42.0 Å². The van der Waals surface area contributed by atoms with Gasteiger partial charge in [-0.15, -0.1) is 0 Å². The smallest absolute Gasteiger partial charge is 0.138 e. The van der Waals surface area contributed by atoms with Crippen LogP contribution in [-0.2, 0) is 13.0 Å². The summed E-state index contributed by atoms with van der Waals surface area (Å²) in [5.41, 5.74) is 2.02.